The van der Waals surface area contributed by atoms with Crippen molar-refractivity contribution in [2.45, 2.75) is 38.8 Å². The lowest BCUT2D eigenvalue weighted by Gasteiger charge is -2.22. The average Bonchev–Trinajstić information content (AvgIpc) is 3.22. The van der Waals surface area contributed by atoms with Crippen molar-refractivity contribution in [3.05, 3.63) is 29.8 Å². The molecule has 1 saturated carbocycles. The van der Waals surface area contributed by atoms with Gasteiger partial charge in [-0.1, -0.05) is 19.1 Å². The Labute approximate surface area is 121 Å². The summed E-state index contributed by atoms with van der Waals surface area (Å²) in [6.45, 7) is 3.42. The Kier molecular flexibility index (Phi) is 5.05. The first-order valence-corrected chi connectivity index (χ1v) is 9.11. The Bertz CT molecular complexity index is 539. The zero-order chi connectivity index (χ0) is 14.6. The van der Waals surface area contributed by atoms with Gasteiger partial charge in [-0.2, -0.15) is 0 Å². The number of hydrogen-bond acceptors (Lipinski definition) is 4. The van der Waals surface area contributed by atoms with Crippen molar-refractivity contribution in [1.82, 2.24) is 4.90 Å². The van der Waals surface area contributed by atoms with Gasteiger partial charge in [0.2, 0.25) is 0 Å². The van der Waals surface area contributed by atoms with Crippen LogP contribution >= 0.6 is 0 Å². The first-order chi connectivity index (χ1) is 9.50. The highest BCUT2D eigenvalue weighted by atomic mass is 32.2. The lowest BCUT2D eigenvalue weighted by atomic mass is 10.2. The predicted octanol–water partition coefficient (Wildman–Crippen LogP) is 2.06. The van der Waals surface area contributed by atoms with E-state index in [9.17, 15) is 8.42 Å². The maximum atomic E-state index is 11.5. The maximum absolute atomic E-state index is 11.5. The van der Waals surface area contributed by atoms with E-state index < -0.39 is 9.84 Å². The molecule has 1 aliphatic carbocycles. The van der Waals surface area contributed by atoms with E-state index in [2.05, 4.69) is 11.0 Å². The van der Waals surface area contributed by atoms with Crippen LogP contribution in [0.4, 0.5) is 5.69 Å². The highest BCUT2D eigenvalue weighted by Crippen LogP contribution is 2.28. The van der Waals surface area contributed by atoms with Crippen LogP contribution in [0.15, 0.2) is 24.3 Å². The van der Waals surface area contributed by atoms with Gasteiger partial charge in [0, 0.05) is 24.0 Å². The third kappa shape index (κ3) is 4.80. The van der Waals surface area contributed by atoms with Crippen molar-refractivity contribution in [3.8, 4) is 0 Å². The Morgan fingerprint density at radius 3 is 2.70 bits per heavy atom. The number of anilines is 1. The van der Waals surface area contributed by atoms with Crippen LogP contribution in [0.5, 0.6) is 0 Å². The van der Waals surface area contributed by atoms with Gasteiger partial charge in [0.15, 0.2) is 0 Å². The number of hydrogen-bond donors (Lipinski definition) is 1. The van der Waals surface area contributed by atoms with E-state index in [4.69, 9.17) is 5.73 Å². The van der Waals surface area contributed by atoms with Gasteiger partial charge < -0.3 is 5.73 Å². The first-order valence-electron chi connectivity index (χ1n) is 7.29. The van der Waals surface area contributed by atoms with E-state index in [0.717, 1.165) is 25.2 Å². The molecule has 20 heavy (non-hydrogen) atoms. The predicted molar refractivity (Wildman–Crippen MR) is 83.2 cm³/mol. The summed E-state index contributed by atoms with van der Waals surface area (Å²) < 4.78 is 23.1. The van der Waals surface area contributed by atoms with Gasteiger partial charge in [-0.3, -0.25) is 4.90 Å². The minimum absolute atomic E-state index is 0.242. The quantitative estimate of drug-likeness (QED) is 0.746. The molecule has 0 heterocycles. The van der Waals surface area contributed by atoms with Crippen molar-refractivity contribution in [2.75, 3.05) is 23.8 Å². The minimum Gasteiger partial charge on any atom is -0.399 e. The smallest absolute Gasteiger partial charge is 0.150 e. The lowest BCUT2D eigenvalue weighted by molar-refractivity contribution is 0.255. The fourth-order valence-electron chi connectivity index (χ4n) is 2.39. The zero-order valence-corrected chi connectivity index (χ0v) is 12.9. The third-order valence-corrected chi connectivity index (χ3v) is 5.53. The van der Waals surface area contributed by atoms with E-state index >= 15 is 0 Å². The van der Waals surface area contributed by atoms with E-state index in [-0.39, 0.29) is 5.75 Å². The van der Waals surface area contributed by atoms with Gasteiger partial charge in [0.05, 0.1) is 5.75 Å². The summed E-state index contributed by atoms with van der Waals surface area (Å²) in [6.07, 6.45) is 3.17. The molecule has 2 N–H and O–H groups in total. The highest BCUT2D eigenvalue weighted by Gasteiger charge is 2.28. The van der Waals surface area contributed by atoms with Crippen LogP contribution in [0.2, 0.25) is 0 Å². The average molecular weight is 296 g/mol. The maximum Gasteiger partial charge on any atom is 0.150 e. The zero-order valence-electron chi connectivity index (χ0n) is 12.1. The second kappa shape index (κ2) is 6.59. The Morgan fingerprint density at radius 1 is 1.35 bits per heavy atom. The van der Waals surface area contributed by atoms with E-state index in [1.54, 1.807) is 6.92 Å². The summed E-state index contributed by atoms with van der Waals surface area (Å²) in [5.41, 5.74) is 7.79. The second-order valence-corrected chi connectivity index (χ2v) is 8.01. The molecule has 2 rings (SSSR count). The summed E-state index contributed by atoms with van der Waals surface area (Å²) >= 11 is 0. The molecule has 112 valence electrons. The van der Waals surface area contributed by atoms with Crippen LogP contribution in [0, 0.1) is 0 Å². The van der Waals surface area contributed by atoms with Crippen LogP contribution in [-0.4, -0.2) is 37.4 Å². The molecule has 0 bridgehead atoms. The summed E-state index contributed by atoms with van der Waals surface area (Å²) in [6, 6.07) is 8.56. The monoisotopic (exact) mass is 296 g/mol. The van der Waals surface area contributed by atoms with Crippen LogP contribution in [0.3, 0.4) is 0 Å². The van der Waals surface area contributed by atoms with Crippen LogP contribution in [0.25, 0.3) is 0 Å². The van der Waals surface area contributed by atoms with Gasteiger partial charge in [0.25, 0.3) is 0 Å². The van der Waals surface area contributed by atoms with Crippen LogP contribution in [-0.2, 0) is 16.4 Å². The summed E-state index contributed by atoms with van der Waals surface area (Å²) in [5, 5.41) is 0. The molecule has 0 unspecified atom stereocenters. The highest BCUT2D eigenvalue weighted by molar-refractivity contribution is 7.91. The van der Waals surface area contributed by atoms with Crippen molar-refractivity contribution in [3.63, 3.8) is 0 Å². The second-order valence-electron chi connectivity index (χ2n) is 5.54. The summed E-state index contributed by atoms with van der Waals surface area (Å²) in [7, 11) is -2.85. The topological polar surface area (TPSA) is 63.4 Å². The van der Waals surface area contributed by atoms with Crippen molar-refractivity contribution >= 4 is 15.5 Å². The van der Waals surface area contributed by atoms with Gasteiger partial charge in [-0.15, -0.1) is 0 Å². The van der Waals surface area contributed by atoms with Crippen LogP contribution < -0.4 is 5.73 Å². The molecule has 0 amide bonds. The molecule has 0 spiro atoms. The third-order valence-electron chi connectivity index (χ3n) is 3.74. The minimum atomic E-state index is -2.85. The first kappa shape index (κ1) is 15.3. The fourth-order valence-corrected chi connectivity index (χ4v) is 3.25. The van der Waals surface area contributed by atoms with Crippen molar-refractivity contribution in [1.29, 1.82) is 0 Å². The molecule has 1 aromatic carbocycles. The van der Waals surface area contributed by atoms with Gasteiger partial charge in [-0.25, -0.2) is 8.42 Å². The fraction of sp³-hybridized carbons (Fsp3) is 0.600. The lowest BCUT2D eigenvalue weighted by Crippen LogP contribution is -2.28. The molecule has 1 aromatic rings. The van der Waals surface area contributed by atoms with Gasteiger partial charge >= 0.3 is 0 Å². The molecule has 0 radical (unpaired) electrons. The molecule has 1 fully saturated rings. The molecule has 5 heteroatoms. The Hall–Kier alpha value is -1.07. The molecular weight excluding hydrogens is 272 g/mol. The molecule has 0 aromatic heterocycles. The molecule has 0 saturated heterocycles. The number of nitrogen functional groups attached to an aromatic ring is 1. The molecule has 4 nitrogen and oxygen atoms in total. The number of nitrogens with zero attached hydrogens (tertiary/aromatic N) is 1. The molecule has 0 atom stereocenters. The Morgan fingerprint density at radius 2 is 2.10 bits per heavy atom. The number of benzene rings is 1. The van der Waals surface area contributed by atoms with E-state index in [1.165, 1.54) is 18.4 Å². The number of rotatable bonds is 8. The summed E-state index contributed by atoms with van der Waals surface area (Å²) in [4.78, 5) is 2.39. The number of sulfone groups is 1. The van der Waals surface area contributed by atoms with Crippen molar-refractivity contribution < 1.29 is 8.42 Å². The standard InChI is InChI=1S/C15H24N2O2S/c1-2-20(18,19)10-4-9-17(15-7-8-15)12-13-5-3-6-14(16)11-13/h3,5-6,11,15H,2,4,7-10,12,16H2,1H3. The molecule has 0 aliphatic heterocycles. The Balaban J connectivity index is 1.88. The van der Waals surface area contributed by atoms with Crippen LogP contribution in [0.1, 0.15) is 31.7 Å². The SMILES string of the molecule is CCS(=O)(=O)CCCN(Cc1cccc(N)c1)C1CC1. The van der Waals surface area contributed by atoms with E-state index in [1.807, 2.05) is 18.2 Å². The van der Waals surface area contributed by atoms with Gasteiger partial charge in [-0.05, 0) is 43.5 Å². The summed E-state index contributed by atoms with van der Waals surface area (Å²) in [5.74, 6) is 0.537. The van der Waals surface area contributed by atoms with Gasteiger partial charge in [0.1, 0.15) is 9.84 Å². The van der Waals surface area contributed by atoms with Crippen molar-refractivity contribution in [2.24, 2.45) is 0 Å². The normalized spacial score (nSPS) is 15.7. The molecular formula is C15H24N2O2S. The number of nitrogens with two attached hydrogens (primary N) is 1. The van der Waals surface area contributed by atoms with E-state index in [0.29, 0.717) is 11.8 Å². The molecule has 1 aliphatic rings. The largest absolute Gasteiger partial charge is 0.399 e.